The molecule has 0 radical (unpaired) electrons. The van der Waals surface area contributed by atoms with Gasteiger partial charge in [0.2, 0.25) is 0 Å². The van der Waals surface area contributed by atoms with Crippen LogP contribution in [0.15, 0.2) is 65.3 Å². The zero-order valence-corrected chi connectivity index (χ0v) is 16.3. The molecule has 1 amide bonds. The molecule has 4 aromatic rings. The molecule has 0 bridgehead atoms. The second-order valence-corrected chi connectivity index (χ2v) is 6.86. The molecule has 4 rings (SSSR count). The third-order valence-electron chi connectivity index (χ3n) is 4.74. The lowest BCUT2D eigenvalue weighted by Crippen LogP contribution is -2.23. The molecule has 0 unspecified atom stereocenters. The number of aromatic nitrogens is 2. The summed E-state index contributed by atoms with van der Waals surface area (Å²) in [5.41, 5.74) is 4.21. The summed E-state index contributed by atoms with van der Waals surface area (Å²) < 4.78 is 11.1. The molecule has 2 aromatic heterocycles. The van der Waals surface area contributed by atoms with Crippen molar-refractivity contribution < 1.29 is 14.1 Å². The number of para-hydroxylation sites is 2. The SMILES string of the molecule is Cc1cccc(C)c1OCc1cc(C(=O)NCc2ccnc3ccccc23)no1. The molecule has 2 heterocycles. The number of carbonyl (C=O) groups is 1. The molecule has 2 aromatic carbocycles. The van der Waals surface area contributed by atoms with Crippen molar-refractivity contribution in [3.63, 3.8) is 0 Å². The first-order valence-corrected chi connectivity index (χ1v) is 9.37. The number of nitrogens with zero attached hydrogens (tertiary/aromatic N) is 2. The van der Waals surface area contributed by atoms with Gasteiger partial charge in [0.05, 0.1) is 5.52 Å². The molecular formula is C23H21N3O3. The predicted octanol–water partition coefficient (Wildman–Crippen LogP) is 4.35. The van der Waals surface area contributed by atoms with Gasteiger partial charge < -0.3 is 14.6 Å². The number of fused-ring (bicyclic) bond motifs is 1. The Morgan fingerprint density at radius 2 is 1.86 bits per heavy atom. The second-order valence-electron chi connectivity index (χ2n) is 6.86. The Labute approximate surface area is 168 Å². The van der Waals surface area contributed by atoms with Gasteiger partial charge in [-0.1, -0.05) is 41.6 Å². The van der Waals surface area contributed by atoms with E-state index >= 15 is 0 Å². The van der Waals surface area contributed by atoms with E-state index < -0.39 is 0 Å². The van der Waals surface area contributed by atoms with Gasteiger partial charge in [-0.3, -0.25) is 9.78 Å². The lowest BCUT2D eigenvalue weighted by Gasteiger charge is -2.10. The molecule has 0 aliphatic heterocycles. The summed E-state index contributed by atoms with van der Waals surface area (Å²) >= 11 is 0. The minimum atomic E-state index is -0.298. The van der Waals surface area contributed by atoms with Crippen LogP contribution in [0.4, 0.5) is 0 Å². The summed E-state index contributed by atoms with van der Waals surface area (Å²) in [6, 6.07) is 17.3. The fourth-order valence-electron chi connectivity index (χ4n) is 3.23. The molecule has 0 saturated carbocycles. The van der Waals surface area contributed by atoms with E-state index in [4.69, 9.17) is 9.26 Å². The monoisotopic (exact) mass is 387 g/mol. The molecule has 29 heavy (non-hydrogen) atoms. The molecule has 1 N–H and O–H groups in total. The Morgan fingerprint density at radius 1 is 1.07 bits per heavy atom. The van der Waals surface area contributed by atoms with Crippen LogP contribution >= 0.6 is 0 Å². The number of hydrogen-bond acceptors (Lipinski definition) is 5. The van der Waals surface area contributed by atoms with E-state index in [0.717, 1.165) is 33.3 Å². The van der Waals surface area contributed by atoms with Gasteiger partial charge in [-0.25, -0.2) is 0 Å². The third kappa shape index (κ3) is 4.11. The Hall–Kier alpha value is -3.67. The zero-order chi connectivity index (χ0) is 20.2. The molecule has 0 saturated heterocycles. The first-order valence-electron chi connectivity index (χ1n) is 9.37. The summed E-state index contributed by atoms with van der Waals surface area (Å²) in [5, 5.41) is 7.76. The topological polar surface area (TPSA) is 77.2 Å². The Balaban J connectivity index is 1.39. The van der Waals surface area contributed by atoms with Crippen molar-refractivity contribution in [3.05, 3.63) is 88.9 Å². The fraction of sp³-hybridized carbons (Fsp3) is 0.174. The van der Waals surface area contributed by atoms with Crippen molar-refractivity contribution in [3.8, 4) is 5.75 Å². The number of nitrogens with one attached hydrogen (secondary N) is 1. The van der Waals surface area contributed by atoms with E-state index in [-0.39, 0.29) is 18.2 Å². The third-order valence-corrected chi connectivity index (χ3v) is 4.74. The van der Waals surface area contributed by atoms with Crippen LogP contribution in [-0.2, 0) is 13.2 Å². The second kappa shape index (κ2) is 8.14. The van der Waals surface area contributed by atoms with Gasteiger partial charge in [-0.2, -0.15) is 0 Å². The summed E-state index contributed by atoms with van der Waals surface area (Å²) in [4.78, 5) is 16.8. The largest absolute Gasteiger partial charge is 0.485 e. The van der Waals surface area contributed by atoms with Crippen LogP contribution in [-0.4, -0.2) is 16.0 Å². The van der Waals surface area contributed by atoms with Crippen LogP contribution < -0.4 is 10.1 Å². The Morgan fingerprint density at radius 3 is 2.69 bits per heavy atom. The molecule has 0 spiro atoms. The van der Waals surface area contributed by atoms with Crippen molar-refractivity contribution >= 4 is 16.8 Å². The van der Waals surface area contributed by atoms with Gasteiger partial charge in [0.15, 0.2) is 11.5 Å². The normalized spacial score (nSPS) is 10.8. The highest BCUT2D eigenvalue weighted by molar-refractivity contribution is 5.92. The van der Waals surface area contributed by atoms with E-state index in [0.29, 0.717) is 12.3 Å². The number of carbonyl (C=O) groups excluding carboxylic acids is 1. The van der Waals surface area contributed by atoms with Crippen LogP contribution in [0.25, 0.3) is 10.9 Å². The van der Waals surface area contributed by atoms with E-state index in [9.17, 15) is 4.79 Å². The smallest absolute Gasteiger partial charge is 0.273 e. The summed E-state index contributed by atoms with van der Waals surface area (Å²) in [6.07, 6.45) is 1.74. The molecule has 0 atom stereocenters. The molecule has 6 heteroatoms. The van der Waals surface area contributed by atoms with Crippen LogP contribution in [0.5, 0.6) is 5.75 Å². The number of hydrogen-bond donors (Lipinski definition) is 1. The van der Waals surface area contributed by atoms with Crippen LogP contribution in [0.1, 0.15) is 32.9 Å². The highest BCUT2D eigenvalue weighted by Gasteiger charge is 2.14. The first-order chi connectivity index (χ1) is 14.1. The number of ether oxygens (including phenoxy) is 1. The van der Waals surface area contributed by atoms with E-state index in [1.807, 2.05) is 62.4 Å². The van der Waals surface area contributed by atoms with E-state index in [1.54, 1.807) is 12.3 Å². The average molecular weight is 387 g/mol. The van der Waals surface area contributed by atoms with Crippen LogP contribution in [0.3, 0.4) is 0 Å². The number of pyridine rings is 1. The maximum atomic E-state index is 12.5. The van der Waals surface area contributed by atoms with Crippen molar-refractivity contribution in [2.45, 2.75) is 27.0 Å². The first kappa shape index (κ1) is 18.7. The van der Waals surface area contributed by atoms with Gasteiger partial charge in [0.25, 0.3) is 5.91 Å². The Bertz CT molecular complexity index is 1140. The van der Waals surface area contributed by atoms with Crippen LogP contribution in [0.2, 0.25) is 0 Å². The van der Waals surface area contributed by atoms with Crippen molar-refractivity contribution in [1.82, 2.24) is 15.5 Å². The number of rotatable bonds is 6. The van der Waals surface area contributed by atoms with Crippen molar-refractivity contribution in [2.75, 3.05) is 0 Å². The average Bonchev–Trinajstić information content (AvgIpc) is 3.21. The van der Waals surface area contributed by atoms with Crippen molar-refractivity contribution in [1.29, 1.82) is 0 Å². The maximum Gasteiger partial charge on any atom is 0.273 e. The predicted molar refractivity (Wildman–Crippen MR) is 110 cm³/mol. The quantitative estimate of drug-likeness (QED) is 0.532. The van der Waals surface area contributed by atoms with Gasteiger partial charge >= 0.3 is 0 Å². The summed E-state index contributed by atoms with van der Waals surface area (Å²) in [6.45, 7) is 4.57. The molecular weight excluding hydrogens is 366 g/mol. The van der Waals surface area contributed by atoms with Gasteiger partial charge in [0.1, 0.15) is 12.4 Å². The van der Waals surface area contributed by atoms with E-state index in [1.165, 1.54) is 0 Å². The minimum absolute atomic E-state index is 0.209. The summed E-state index contributed by atoms with van der Waals surface area (Å²) in [7, 11) is 0. The molecule has 0 fully saturated rings. The highest BCUT2D eigenvalue weighted by Crippen LogP contribution is 2.23. The van der Waals surface area contributed by atoms with Crippen molar-refractivity contribution in [2.24, 2.45) is 0 Å². The Kier molecular flexibility index (Phi) is 5.24. The lowest BCUT2D eigenvalue weighted by atomic mass is 10.1. The van der Waals surface area contributed by atoms with Crippen LogP contribution in [0, 0.1) is 13.8 Å². The maximum absolute atomic E-state index is 12.5. The number of amides is 1. The lowest BCUT2D eigenvalue weighted by molar-refractivity contribution is 0.0941. The summed E-state index contributed by atoms with van der Waals surface area (Å²) in [5.74, 6) is 1.01. The van der Waals surface area contributed by atoms with E-state index in [2.05, 4.69) is 15.5 Å². The molecule has 146 valence electrons. The number of benzene rings is 2. The molecule has 0 aliphatic carbocycles. The zero-order valence-electron chi connectivity index (χ0n) is 16.3. The standard InChI is InChI=1S/C23H21N3O3/c1-15-6-5-7-16(2)22(15)28-14-18-12-21(26-29-18)23(27)25-13-17-10-11-24-20-9-4-3-8-19(17)20/h3-12H,13-14H2,1-2H3,(H,25,27). The molecule has 0 aliphatic rings. The fourth-order valence-corrected chi connectivity index (χ4v) is 3.23. The number of aryl methyl sites for hydroxylation is 2. The van der Waals surface area contributed by atoms with Gasteiger partial charge in [-0.15, -0.1) is 0 Å². The van der Waals surface area contributed by atoms with Gasteiger partial charge in [-0.05, 0) is 42.7 Å². The highest BCUT2D eigenvalue weighted by atomic mass is 16.5. The van der Waals surface area contributed by atoms with Gasteiger partial charge in [0, 0.05) is 24.2 Å². The molecule has 6 nitrogen and oxygen atoms in total. The minimum Gasteiger partial charge on any atom is -0.485 e.